The lowest BCUT2D eigenvalue weighted by Gasteiger charge is -2.19. The summed E-state index contributed by atoms with van der Waals surface area (Å²) in [6.07, 6.45) is 0.788. The maximum atomic E-state index is 13.4. The molecule has 0 bridgehead atoms. The maximum absolute atomic E-state index is 13.4. The van der Waals surface area contributed by atoms with E-state index >= 15 is 0 Å². The molecule has 2 rings (SSSR count). The predicted octanol–water partition coefficient (Wildman–Crippen LogP) is 2.54. The van der Waals surface area contributed by atoms with Crippen molar-refractivity contribution in [2.75, 3.05) is 5.73 Å². The smallest absolute Gasteiger partial charge is 0.435 e. The van der Waals surface area contributed by atoms with E-state index in [4.69, 9.17) is 10.5 Å². The molecule has 5 nitrogen and oxygen atoms in total. The Kier molecular flexibility index (Phi) is 2.73. The van der Waals surface area contributed by atoms with Crippen molar-refractivity contribution in [3.8, 4) is 0 Å². The van der Waals surface area contributed by atoms with E-state index in [9.17, 15) is 9.18 Å². The van der Waals surface area contributed by atoms with E-state index < -0.39 is 17.5 Å². The van der Waals surface area contributed by atoms with Crippen LogP contribution >= 0.6 is 0 Å². The van der Waals surface area contributed by atoms with Crippen LogP contribution in [0.3, 0.4) is 0 Å². The number of carbonyl (C=O) groups excluding carboxylic acids is 1. The van der Waals surface area contributed by atoms with Gasteiger partial charge in [0.2, 0.25) is 0 Å². The van der Waals surface area contributed by atoms with Crippen molar-refractivity contribution >= 4 is 22.7 Å². The van der Waals surface area contributed by atoms with Crippen LogP contribution in [0.15, 0.2) is 18.3 Å². The Balaban J connectivity index is 2.46. The number of hydrogen-bond donors (Lipinski definition) is 1. The van der Waals surface area contributed by atoms with Crippen LogP contribution in [-0.4, -0.2) is 21.5 Å². The average molecular weight is 251 g/mol. The number of nitrogens with zero attached hydrogens (tertiary/aromatic N) is 2. The molecule has 96 valence electrons. The average Bonchev–Trinajstić information content (AvgIpc) is 2.59. The Bertz CT molecular complexity index is 614. The summed E-state index contributed by atoms with van der Waals surface area (Å²) in [5.41, 5.74) is 5.16. The van der Waals surface area contributed by atoms with Crippen molar-refractivity contribution < 1.29 is 13.9 Å². The lowest BCUT2D eigenvalue weighted by molar-refractivity contribution is 0.0522. The maximum Gasteiger partial charge on any atom is 0.435 e. The van der Waals surface area contributed by atoms with E-state index in [1.165, 1.54) is 18.3 Å². The number of benzene rings is 1. The summed E-state index contributed by atoms with van der Waals surface area (Å²) < 4.78 is 19.6. The van der Waals surface area contributed by atoms with Crippen molar-refractivity contribution in [3.05, 3.63) is 24.1 Å². The van der Waals surface area contributed by atoms with Gasteiger partial charge >= 0.3 is 6.09 Å². The summed E-state index contributed by atoms with van der Waals surface area (Å²) in [6.45, 7) is 5.24. The zero-order valence-corrected chi connectivity index (χ0v) is 10.4. The third-order valence-corrected chi connectivity index (χ3v) is 2.25. The standard InChI is InChI=1S/C12H14FN3O2/c1-12(2,3)18-11(17)16-10-5-8(13)9(14)4-7(10)6-15-16/h4-6H,14H2,1-3H3. The first-order chi connectivity index (χ1) is 8.28. The normalized spacial score (nSPS) is 11.8. The summed E-state index contributed by atoms with van der Waals surface area (Å²) in [4.78, 5) is 11.9. The molecule has 0 aliphatic carbocycles. The molecule has 1 heterocycles. The molecule has 6 heteroatoms. The van der Waals surface area contributed by atoms with E-state index in [0.717, 1.165) is 4.68 Å². The minimum Gasteiger partial charge on any atom is -0.442 e. The van der Waals surface area contributed by atoms with Crippen molar-refractivity contribution in [2.45, 2.75) is 26.4 Å². The molecule has 0 saturated carbocycles. The summed E-state index contributed by atoms with van der Waals surface area (Å²) in [7, 11) is 0. The van der Waals surface area contributed by atoms with Gasteiger partial charge in [-0.3, -0.25) is 0 Å². The number of nitrogen functional groups attached to an aromatic ring is 1. The highest BCUT2D eigenvalue weighted by Crippen LogP contribution is 2.21. The van der Waals surface area contributed by atoms with Gasteiger partial charge in [0.25, 0.3) is 0 Å². The third kappa shape index (κ3) is 2.27. The monoisotopic (exact) mass is 251 g/mol. The predicted molar refractivity (Wildman–Crippen MR) is 65.7 cm³/mol. The Hall–Kier alpha value is -2.11. The second-order valence-corrected chi connectivity index (χ2v) is 4.97. The van der Waals surface area contributed by atoms with Crippen molar-refractivity contribution in [3.63, 3.8) is 0 Å². The van der Waals surface area contributed by atoms with Gasteiger partial charge in [-0.15, -0.1) is 0 Å². The van der Waals surface area contributed by atoms with Crippen molar-refractivity contribution in [2.24, 2.45) is 0 Å². The van der Waals surface area contributed by atoms with E-state index in [1.807, 2.05) is 0 Å². The van der Waals surface area contributed by atoms with Gasteiger partial charge in [0.1, 0.15) is 11.4 Å². The molecule has 0 aliphatic heterocycles. The molecule has 0 fully saturated rings. The highest BCUT2D eigenvalue weighted by atomic mass is 19.1. The molecular formula is C12H14FN3O2. The summed E-state index contributed by atoms with van der Waals surface area (Å²) >= 11 is 0. The molecule has 2 aromatic rings. The van der Waals surface area contributed by atoms with Crippen LogP contribution in [0, 0.1) is 5.82 Å². The number of halogens is 1. The first-order valence-electron chi connectivity index (χ1n) is 5.44. The van der Waals surface area contributed by atoms with Gasteiger partial charge in [-0.1, -0.05) is 0 Å². The molecule has 0 amide bonds. The fourth-order valence-corrected chi connectivity index (χ4v) is 1.52. The highest BCUT2D eigenvalue weighted by molar-refractivity contribution is 5.89. The second-order valence-electron chi connectivity index (χ2n) is 4.97. The summed E-state index contributed by atoms with van der Waals surface area (Å²) in [6, 6.07) is 2.60. The number of fused-ring (bicyclic) bond motifs is 1. The van der Waals surface area contributed by atoms with Crippen molar-refractivity contribution in [1.29, 1.82) is 0 Å². The van der Waals surface area contributed by atoms with Crippen LogP contribution in [0.1, 0.15) is 20.8 Å². The fraction of sp³-hybridized carbons (Fsp3) is 0.333. The SMILES string of the molecule is CC(C)(C)OC(=O)n1ncc2cc(N)c(F)cc21. The van der Waals surface area contributed by atoms with E-state index in [2.05, 4.69) is 5.10 Å². The molecule has 18 heavy (non-hydrogen) atoms. The van der Waals surface area contributed by atoms with E-state index in [0.29, 0.717) is 10.9 Å². The number of anilines is 1. The molecular weight excluding hydrogens is 237 g/mol. The third-order valence-electron chi connectivity index (χ3n) is 2.25. The first kappa shape index (κ1) is 12.3. The second kappa shape index (κ2) is 3.97. The number of aromatic nitrogens is 2. The topological polar surface area (TPSA) is 70.1 Å². The van der Waals surface area contributed by atoms with Crippen molar-refractivity contribution in [1.82, 2.24) is 9.78 Å². The molecule has 1 aromatic heterocycles. The highest BCUT2D eigenvalue weighted by Gasteiger charge is 2.20. The minimum atomic E-state index is -0.651. The molecule has 0 saturated heterocycles. The lowest BCUT2D eigenvalue weighted by atomic mass is 10.2. The van der Waals surface area contributed by atoms with Crippen LogP contribution in [0.25, 0.3) is 10.9 Å². The zero-order valence-electron chi connectivity index (χ0n) is 10.4. The van der Waals surface area contributed by atoms with Gasteiger partial charge in [-0.2, -0.15) is 9.78 Å². The van der Waals surface area contributed by atoms with Gasteiger partial charge in [0.15, 0.2) is 0 Å². The van der Waals surface area contributed by atoms with Crippen LogP contribution in [0.4, 0.5) is 14.9 Å². The Morgan fingerprint density at radius 2 is 2.11 bits per heavy atom. The van der Waals surface area contributed by atoms with Gasteiger partial charge < -0.3 is 10.5 Å². The quantitative estimate of drug-likeness (QED) is 0.730. The van der Waals surface area contributed by atoms with Gasteiger partial charge in [0, 0.05) is 11.5 Å². The van der Waals surface area contributed by atoms with Gasteiger partial charge in [-0.25, -0.2) is 9.18 Å². The van der Waals surface area contributed by atoms with Crippen LogP contribution in [-0.2, 0) is 4.74 Å². The number of hydrogen-bond acceptors (Lipinski definition) is 4. The lowest BCUT2D eigenvalue weighted by Crippen LogP contribution is -2.27. The Morgan fingerprint density at radius 1 is 1.44 bits per heavy atom. The largest absolute Gasteiger partial charge is 0.442 e. The van der Waals surface area contributed by atoms with Gasteiger partial charge in [0.05, 0.1) is 17.4 Å². The molecule has 0 aliphatic rings. The molecule has 0 atom stereocenters. The molecule has 0 unspecified atom stereocenters. The Labute approximate surface area is 103 Å². The van der Waals surface area contributed by atoms with E-state index in [-0.39, 0.29) is 5.69 Å². The van der Waals surface area contributed by atoms with E-state index in [1.54, 1.807) is 20.8 Å². The molecule has 1 aromatic carbocycles. The molecule has 2 N–H and O–H groups in total. The number of rotatable bonds is 0. The summed E-state index contributed by atoms with van der Waals surface area (Å²) in [5.74, 6) is -0.590. The summed E-state index contributed by atoms with van der Waals surface area (Å²) in [5, 5.41) is 4.46. The van der Waals surface area contributed by atoms with Crippen LogP contribution in [0.2, 0.25) is 0 Å². The minimum absolute atomic E-state index is 0.0197. The fourth-order valence-electron chi connectivity index (χ4n) is 1.52. The molecule has 0 radical (unpaired) electrons. The number of carbonyl (C=O) groups is 1. The number of ether oxygens (including phenoxy) is 1. The number of nitrogens with two attached hydrogens (primary N) is 1. The molecule has 0 spiro atoms. The van der Waals surface area contributed by atoms with Crippen LogP contribution < -0.4 is 5.73 Å². The van der Waals surface area contributed by atoms with Gasteiger partial charge in [-0.05, 0) is 26.8 Å². The first-order valence-corrected chi connectivity index (χ1v) is 5.44. The zero-order chi connectivity index (χ0) is 13.5. The Morgan fingerprint density at radius 3 is 2.72 bits per heavy atom. The van der Waals surface area contributed by atoms with Crippen LogP contribution in [0.5, 0.6) is 0 Å².